The number of aromatic nitrogens is 5. The van der Waals surface area contributed by atoms with Gasteiger partial charge in [-0.1, -0.05) is 0 Å². The van der Waals surface area contributed by atoms with Crippen LogP contribution in [-0.4, -0.2) is 25.4 Å². The molecule has 142 valence electrons. The number of anilines is 1. The number of aromatic amines is 1. The summed E-state index contributed by atoms with van der Waals surface area (Å²) in [5, 5.41) is 9.95. The summed E-state index contributed by atoms with van der Waals surface area (Å²) in [5.41, 5.74) is 5.30. The molecule has 0 unspecified atom stereocenters. The number of hydrogen-bond donors (Lipinski definition) is 2. The third-order valence-corrected chi connectivity index (χ3v) is 3.92. The highest BCUT2D eigenvalue weighted by molar-refractivity contribution is 5.78. The first-order valence-corrected chi connectivity index (χ1v) is 7.82. The molecule has 28 heavy (non-hydrogen) atoms. The van der Waals surface area contributed by atoms with Crippen molar-refractivity contribution in [2.75, 3.05) is 5.73 Å². The zero-order valence-electron chi connectivity index (χ0n) is 13.9. The summed E-state index contributed by atoms with van der Waals surface area (Å²) >= 11 is 0. The molecule has 3 N–H and O–H groups in total. The second-order valence-corrected chi connectivity index (χ2v) is 5.72. The van der Waals surface area contributed by atoms with Gasteiger partial charge in [0.05, 0.1) is 5.56 Å². The lowest BCUT2D eigenvalue weighted by atomic mass is 10.0. The van der Waals surface area contributed by atoms with Crippen molar-refractivity contribution in [3.8, 4) is 16.9 Å². The van der Waals surface area contributed by atoms with Crippen LogP contribution in [0.2, 0.25) is 0 Å². The maximum Gasteiger partial charge on any atom is 0.223 e. The zero-order chi connectivity index (χ0) is 19.8. The van der Waals surface area contributed by atoms with Crippen molar-refractivity contribution in [1.82, 2.24) is 25.4 Å². The van der Waals surface area contributed by atoms with Crippen LogP contribution in [0.1, 0.15) is 5.56 Å². The van der Waals surface area contributed by atoms with Crippen LogP contribution >= 0.6 is 0 Å². The monoisotopic (exact) mass is 390 g/mol. The minimum absolute atomic E-state index is 0.0898. The van der Waals surface area contributed by atoms with Gasteiger partial charge in [0.15, 0.2) is 11.3 Å². The molecular weight excluding hydrogens is 380 g/mol. The molecule has 4 aromatic rings. The molecule has 0 aliphatic heterocycles. The van der Waals surface area contributed by atoms with Gasteiger partial charge in [0.1, 0.15) is 24.1 Å². The number of ether oxygens (including phenoxy) is 1. The summed E-state index contributed by atoms with van der Waals surface area (Å²) in [5.74, 6) is -3.94. The SMILES string of the molecule is Nc1cc(OCc2c(F)cc(-c3ccc(F)nc3F)cc2F)c2n[nH]nc2n1. The van der Waals surface area contributed by atoms with Crippen LogP contribution in [0, 0.1) is 23.5 Å². The van der Waals surface area contributed by atoms with E-state index in [0.29, 0.717) is 0 Å². The van der Waals surface area contributed by atoms with E-state index >= 15 is 0 Å². The fourth-order valence-electron chi connectivity index (χ4n) is 2.61. The van der Waals surface area contributed by atoms with Gasteiger partial charge in [0.2, 0.25) is 17.5 Å². The van der Waals surface area contributed by atoms with Crippen LogP contribution in [0.25, 0.3) is 22.3 Å². The van der Waals surface area contributed by atoms with Crippen LogP contribution in [-0.2, 0) is 6.61 Å². The number of rotatable bonds is 4. The highest BCUT2D eigenvalue weighted by Gasteiger charge is 2.17. The van der Waals surface area contributed by atoms with Crippen LogP contribution in [0.15, 0.2) is 30.3 Å². The van der Waals surface area contributed by atoms with Crippen molar-refractivity contribution in [1.29, 1.82) is 0 Å². The number of nitrogens with zero attached hydrogens (tertiary/aromatic N) is 4. The Hall–Kier alpha value is -3.76. The van der Waals surface area contributed by atoms with Gasteiger partial charge >= 0.3 is 0 Å². The van der Waals surface area contributed by atoms with E-state index in [9.17, 15) is 17.6 Å². The van der Waals surface area contributed by atoms with Gasteiger partial charge < -0.3 is 10.5 Å². The summed E-state index contributed by atoms with van der Waals surface area (Å²) in [6.45, 7) is -0.493. The third-order valence-electron chi connectivity index (χ3n) is 3.92. The van der Waals surface area contributed by atoms with E-state index in [0.717, 1.165) is 24.3 Å². The van der Waals surface area contributed by atoms with Gasteiger partial charge in [-0.05, 0) is 29.8 Å². The number of benzene rings is 1. The normalized spacial score (nSPS) is 11.1. The molecule has 7 nitrogen and oxygen atoms in total. The van der Waals surface area contributed by atoms with Crippen LogP contribution < -0.4 is 10.5 Å². The lowest BCUT2D eigenvalue weighted by molar-refractivity contribution is 0.295. The van der Waals surface area contributed by atoms with Crippen molar-refractivity contribution >= 4 is 17.0 Å². The number of halogens is 4. The summed E-state index contributed by atoms with van der Waals surface area (Å²) < 4.78 is 61.0. The average molecular weight is 390 g/mol. The third kappa shape index (κ3) is 3.17. The van der Waals surface area contributed by atoms with Crippen molar-refractivity contribution < 1.29 is 22.3 Å². The molecular formula is C17H10F4N6O. The van der Waals surface area contributed by atoms with E-state index in [2.05, 4.69) is 25.4 Å². The molecule has 0 saturated carbocycles. The Bertz CT molecular complexity index is 1170. The van der Waals surface area contributed by atoms with E-state index in [4.69, 9.17) is 10.5 Å². The molecule has 4 rings (SSSR count). The number of H-pyrrole nitrogens is 1. The fraction of sp³-hybridized carbons (Fsp3) is 0.0588. The Labute approximate surface area is 154 Å². The molecule has 1 aromatic carbocycles. The topological polar surface area (TPSA) is 103 Å². The summed E-state index contributed by atoms with van der Waals surface area (Å²) in [7, 11) is 0. The van der Waals surface area contributed by atoms with Crippen molar-refractivity contribution in [3.63, 3.8) is 0 Å². The Morgan fingerprint density at radius 2 is 1.71 bits per heavy atom. The maximum absolute atomic E-state index is 14.4. The van der Waals surface area contributed by atoms with E-state index < -0.39 is 35.7 Å². The minimum Gasteiger partial charge on any atom is -0.486 e. The number of fused-ring (bicyclic) bond motifs is 1. The number of nitrogens with one attached hydrogen (secondary N) is 1. The fourth-order valence-corrected chi connectivity index (χ4v) is 2.61. The first kappa shape index (κ1) is 17.6. The standard InChI is InChI=1S/C17H10F4N6O/c18-10-3-7(8-1-2-13(20)23-16(8)21)4-11(19)9(10)6-28-12-5-14(22)24-17-15(12)25-27-26-17/h1-5H,6H2,(H3,22,24,25,26,27). The van der Waals surface area contributed by atoms with Gasteiger partial charge in [0.25, 0.3) is 0 Å². The lowest BCUT2D eigenvalue weighted by Gasteiger charge is -2.11. The highest BCUT2D eigenvalue weighted by Crippen LogP contribution is 2.28. The van der Waals surface area contributed by atoms with E-state index in [1.165, 1.54) is 6.07 Å². The summed E-state index contributed by atoms with van der Waals surface area (Å²) in [6, 6.07) is 5.10. The number of hydrogen-bond acceptors (Lipinski definition) is 6. The molecule has 0 spiro atoms. The summed E-state index contributed by atoms with van der Waals surface area (Å²) in [4.78, 5) is 6.93. The molecule has 0 saturated heterocycles. The van der Waals surface area contributed by atoms with Gasteiger partial charge in [0, 0.05) is 11.6 Å². The van der Waals surface area contributed by atoms with Crippen LogP contribution in [0.4, 0.5) is 23.4 Å². The molecule has 0 amide bonds. The average Bonchev–Trinajstić information content (AvgIpc) is 3.09. The Morgan fingerprint density at radius 3 is 2.43 bits per heavy atom. The number of nitrogens with two attached hydrogens (primary N) is 1. The Morgan fingerprint density at radius 1 is 0.964 bits per heavy atom. The highest BCUT2D eigenvalue weighted by atomic mass is 19.1. The molecule has 3 heterocycles. The molecule has 11 heteroatoms. The lowest BCUT2D eigenvalue weighted by Crippen LogP contribution is -2.04. The predicted octanol–water partition coefficient (Wildman–Crippen LogP) is 3.13. The molecule has 0 aliphatic carbocycles. The Kier molecular flexibility index (Phi) is 4.26. The minimum atomic E-state index is -1.18. The molecule has 0 radical (unpaired) electrons. The van der Waals surface area contributed by atoms with Gasteiger partial charge in [-0.3, -0.25) is 0 Å². The molecule has 0 atom stereocenters. The van der Waals surface area contributed by atoms with Crippen LogP contribution in [0.3, 0.4) is 0 Å². The summed E-state index contributed by atoms with van der Waals surface area (Å²) in [6.07, 6.45) is 0. The first-order chi connectivity index (χ1) is 13.4. The van der Waals surface area contributed by atoms with Crippen LogP contribution in [0.5, 0.6) is 5.75 Å². The van der Waals surface area contributed by atoms with Crippen molar-refractivity contribution in [3.05, 3.63) is 59.4 Å². The predicted molar refractivity (Wildman–Crippen MR) is 89.9 cm³/mol. The van der Waals surface area contributed by atoms with E-state index in [-0.39, 0.29) is 33.9 Å². The van der Waals surface area contributed by atoms with E-state index in [1.54, 1.807) is 0 Å². The van der Waals surface area contributed by atoms with Gasteiger partial charge in [-0.2, -0.15) is 24.1 Å². The van der Waals surface area contributed by atoms with E-state index in [1.807, 2.05) is 0 Å². The number of pyridine rings is 2. The van der Waals surface area contributed by atoms with Crippen molar-refractivity contribution in [2.45, 2.75) is 6.61 Å². The second kappa shape index (κ2) is 6.76. The smallest absolute Gasteiger partial charge is 0.223 e. The Balaban J connectivity index is 1.64. The molecule has 0 fully saturated rings. The molecule has 0 bridgehead atoms. The first-order valence-electron chi connectivity index (χ1n) is 7.82. The zero-order valence-corrected chi connectivity index (χ0v) is 13.9. The van der Waals surface area contributed by atoms with Crippen molar-refractivity contribution in [2.24, 2.45) is 0 Å². The molecule has 0 aliphatic rings. The van der Waals surface area contributed by atoms with Gasteiger partial charge in [-0.15, -0.1) is 5.10 Å². The molecule has 3 aromatic heterocycles. The maximum atomic E-state index is 14.4. The van der Waals surface area contributed by atoms with Gasteiger partial charge in [-0.25, -0.2) is 13.8 Å². The largest absolute Gasteiger partial charge is 0.486 e. The quantitative estimate of drug-likeness (QED) is 0.410. The number of nitrogen functional groups attached to an aromatic ring is 1. The second-order valence-electron chi connectivity index (χ2n) is 5.72.